The van der Waals surface area contributed by atoms with Crippen molar-refractivity contribution >= 4 is 42.5 Å². The largest absolute Gasteiger partial charge is 0.264 e. The van der Waals surface area contributed by atoms with Crippen LogP contribution in [-0.4, -0.2) is 18.4 Å². The van der Waals surface area contributed by atoms with E-state index in [0.29, 0.717) is 9.86 Å². The van der Waals surface area contributed by atoms with Crippen LogP contribution < -0.4 is 4.72 Å². The van der Waals surface area contributed by atoms with Crippen LogP contribution in [-0.2, 0) is 10.0 Å². The minimum Gasteiger partial charge on any atom is -0.264 e. The molecule has 2 aromatic heterocycles. The van der Waals surface area contributed by atoms with Crippen LogP contribution in [0.4, 0.5) is 5.82 Å². The Morgan fingerprint density at radius 1 is 1.05 bits per heavy atom. The second kappa shape index (κ2) is 5.42. The number of rotatable bonds is 3. The van der Waals surface area contributed by atoms with Crippen molar-refractivity contribution in [3.63, 3.8) is 0 Å². The molecule has 21 heavy (non-hydrogen) atoms. The van der Waals surface area contributed by atoms with Crippen LogP contribution in [0.2, 0.25) is 0 Å². The molecule has 0 atom stereocenters. The summed E-state index contributed by atoms with van der Waals surface area (Å²) in [4.78, 5) is 8.21. The monoisotopic (exact) mass is 363 g/mol. The van der Waals surface area contributed by atoms with Gasteiger partial charge in [-0.25, -0.2) is 13.4 Å². The van der Waals surface area contributed by atoms with Crippen LogP contribution >= 0.6 is 15.9 Å². The van der Waals surface area contributed by atoms with E-state index in [9.17, 15) is 8.42 Å². The van der Waals surface area contributed by atoms with E-state index in [1.165, 1.54) is 6.20 Å². The van der Waals surface area contributed by atoms with E-state index in [4.69, 9.17) is 0 Å². The quantitative estimate of drug-likeness (QED) is 0.775. The van der Waals surface area contributed by atoms with E-state index in [2.05, 4.69) is 30.6 Å². The highest BCUT2D eigenvalue weighted by atomic mass is 79.9. The molecule has 7 heteroatoms. The lowest BCUT2D eigenvalue weighted by atomic mass is 10.2. The normalized spacial score (nSPS) is 11.5. The second-order valence-electron chi connectivity index (χ2n) is 4.29. The lowest BCUT2D eigenvalue weighted by Crippen LogP contribution is -2.14. The zero-order chi connectivity index (χ0) is 14.9. The van der Waals surface area contributed by atoms with Gasteiger partial charge in [0.15, 0.2) is 5.82 Å². The van der Waals surface area contributed by atoms with Crippen LogP contribution in [0.25, 0.3) is 10.8 Å². The fraction of sp³-hybridized carbons (Fsp3) is 0. The number of sulfonamides is 1. The van der Waals surface area contributed by atoms with E-state index < -0.39 is 10.0 Å². The first-order chi connectivity index (χ1) is 10.1. The molecule has 1 N–H and O–H groups in total. The third-order valence-electron chi connectivity index (χ3n) is 2.92. The van der Waals surface area contributed by atoms with Crippen LogP contribution in [0.5, 0.6) is 0 Å². The predicted octanol–water partition coefficient (Wildman–Crippen LogP) is 3.19. The minimum atomic E-state index is -3.73. The molecule has 106 valence electrons. The maximum atomic E-state index is 12.6. The van der Waals surface area contributed by atoms with Gasteiger partial charge in [-0.1, -0.05) is 12.1 Å². The van der Waals surface area contributed by atoms with Crippen molar-refractivity contribution in [2.75, 3.05) is 4.72 Å². The molecule has 1 aromatic carbocycles. The first-order valence-corrected chi connectivity index (χ1v) is 8.31. The number of hydrogen-bond acceptors (Lipinski definition) is 4. The number of nitrogens with one attached hydrogen (secondary N) is 1. The van der Waals surface area contributed by atoms with Crippen molar-refractivity contribution < 1.29 is 8.42 Å². The summed E-state index contributed by atoms with van der Waals surface area (Å²) in [6.45, 7) is 0. The molecule has 2 heterocycles. The summed E-state index contributed by atoms with van der Waals surface area (Å²) in [6, 6.07) is 10.2. The van der Waals surface area contributed by atoms with Gasteiger partial charge >= 0.3 is 0 Å². The topological polar surface area (TPSA) is 72.0 Å². The molecule has 0 aliphatic carbocycles. The van der Waals surface area contributed by atoms with Crippen LogP contribution in [0, 0.1) is 0 Å². The summed E-state index contributed by atoms with van der Waals surface area (Å²) in [6.07, 6.45) is 4.72. The summed E-state index contributed by atoms with van der Waals surface area (Å²) in [5.41, 5.74) is 0. The molecule has 3 rings (SSSR count). The molecule has 0 unspecified atom stereocenters. The number of pyridine rings is 2. The average molecular weight is 364 g/mol. The number of halogens is 1. The zero-order valence-corrected chi connectivity index (χ0v) is 13.1. The molecule has 0 aliphatic heterocycles. The molecular formula is C14H10BrN3O2S. The first kappa shape index (κ1) is 14.0. The molecule has 0 saturated carbocycles. The van der Waals surface area contributed by atoms with Gasteiger partial charge in [-0.15, -0.1) is 0 Å². The van der Waals surface area contributed by atoms with Gasteiger partial charge in [0, 0.05) is 29.4 Å². The van der Waals surface area contributed by atoms with Gasteiger partial charge in [-0.2, -0.15) is 0 Å². The van der Waals surface area contributed by atoms with E-state index in [-0.39, 0.29) is 10.7 Å². The predicted molar refractivity (Wildman–Crippen MR) is 84.5 cm³/mol. The number of aromatic nitrogens is 2. The Bertz CT molecular complexity index is 907. The summed E-state index contributed by atoms with van der Waals surface area (Å²) in [5, 5.41) is 1.38. The zero-order valence-electron chi connectivity index (χ0n) is 10.7. The Hall–Kier alpha value is -1.99. The third-order valence-corrected chi connectivity index (χ3v) is 4.96. The van der Waals surface area contributed by atoms with E-state index in [0.717, 1.165) is 5.39 Å². The molecule has 0 radical (unpaired) electrons. The highest BCUT2D eigenvalue weighted by Crippen LogP contribution is 2.26. The molecule has 0 bridgehead atoms. The van der Waals surface area contributed by atoms with Crippen molar-refractivity contribution in [2.45, 2.75) is 4.90 Å². The SMILES string of the molecule is O=S(=O)(Nc1ncccc1Br)c1cccc2cnccc12. The Morgan fingerprint density at radius 3 is 2.71 bits per heavy atom. The molecule has 5 nitrogen and oxygen atoms in total. The Kier molecular flexibility index (Phi) is 3.60. The number of benzene rings is 1. The van der Waals surface area contributed by atoms with Crippen molar-refractivity contribution in [2.24, 2.45) is 0 Å². The standard InChI is InChI=1S/C14H10BrN3O2S/c15-12-4-2-7-17-14(12)18-21(19,20)13-5-1-3-10-9-16-8-6-11(10)13/h1-9H,(H,17,18). The van der Waals surface area contributed by atoms with Crippen LogP contribution in [0.1, 0.15) is 0 Å². The maximum Gasteiger partial charge on any atom is 0.263 e. The minimum absolute atomic E-state index is 0.194. The molecule has 0 aliphatic rings. The van der Waals surface area contributed by atoms with Gasteiger partial charge in [0.2, 0.25) is 0 Å². The lowest BCUT2D eigenvalue weighted by molar-refractivity contribution is 0.602. The van der Waals surface area contributed by atoms with Crippen molar-refractivity contribution in [1.82, 2.24) is 9.97 Å². The number of hydrogen-bond donors (Lipinski definition) is 1. The van der Waals surface area contributed by atoms with Crippen LogP contribution in [0.3, 0.4) is 0 Å². The smallest absolute Gasteiger partial charge is 0.263 e. The highest BCUT2D eigenvalue weighted by molar-refractivity contribution is 9.10. The second-order valence-corrected chi connectivity index (χ2v) is 6.80. The Labute approximate surface area is 130 Å². The summed E-state index contributed by atoms with van der Waals surface area (Å²) < 4.78 is 28.2. The van der Waals surface area contributed by atoms with Gasteiger partial charge in [0.25, 0.3) is 10.0 Å². The number of fused-ring (bicyclic) bond motifs is 1. The van der Waals surface area contributed by atoms with E-state index in [1.807, 2.05) is 6.07 Å². The fourth-order valence-electron chi connectivity index (χ4n) is 1.97. The molecule has 0 fully saturated rings. The lowest BCUT2D eigenvalue weighted by Gasteiger charge is -2.10. The third kappa shape index (κ3) is 2.74. The van der Waals surface area contributed by atoms with Gasteiger partial charge < -0.3 is 0 Å². The molecule has 0 amide bonds. The summed E-state index contributed by atoms with van der Waals surface area (Å²) >= 11 is 3.27. The molecular weight excluding hydrogens is 354 g/mol. The summed E-state index contributed by atoms with van der Waals surface area (Å²) in [5.74, 6) is 0.253. The van der Waals surface area contributed by atoms with E-state index >= 15 is 0 Å². The van der Waals surface area contributed by atoms with Crippen molar-refractivity contribution in [1.29, 1.82) is 0 Å². The Morgan fingerprint density at radius 2 is 1.90 bits per heavy atom. The van der Waals surface area contributed by atoms with E-state index in [1.54, 1.807) is 42.7 Å². The molecule has 0 spiro atoms. The number of nitrogens with zero attached hydrogens (tertiary/aromatic N) is 2. The fourth-order valence-corrected chi connectivity index (χ4v) is 3.72. The highest BCUT2D eigenvalue weighted by Gasteiger charge is 2.18. The van der Waals surface area contributed by atoms with Crippen molar-refractivity contribution in [3.8, 4) is 0 Å². The van der Waals surface area contributed by atoms with Gasteiger partial charge in [-0.3, -0.25) is 9.71 Å². The molecule has 3 aromatic rings. The maximum absolute atomic E-state index is 12.6. The first-order valence-electron chi connectivity index (χ1n) is 6.04. The molecule has 0 saturated heterocycles. The van der Waals surface area contributed by atoms with Gasteiger partial charge in [-0.05, 0) is 40.2 Å². The number of anilines is 1. The van der Waals surface area contributed by atoms with Gasteiger partial charge in [0.05, 0.1) is 9.37 Å². The Balaban J connectivity index is 2.11. The van der Waals surface area contributed by atoms with Gasteiger partial charge in [0.1, 0.15) is 0 Å². The van der Waals surface area contributed by atoms with Crippen molar-refractivity contribution in [3.05, 3.63) is 59.5 Å². The van der Waals surface area contributed by atoms with Crippen LogP contribution in [0.15, 0.2) is 64.4 Å². The average Bonchev–Trinajstić information content (AvgIpc) is 2.49. The summed E-state index contributed by atoms with van der Waals surface area (Å²) in [7, 11) is -3.73.